The summed E-state index contributed by atoms with van der Waals surface area (Å²) in [6.07, 6.45) is 0.812. The smallest absolute Gasteiger partial charge is 0.338 e. The number of nitrogens with zero attached hydrogens (tertiary/aromatic N) is 2. The first-order valence-electron chi connectivity index (χ1n) is 9.71. The topological polar surface area (TPSA) is 93.2 Å². The number of carbonyl (C=O) groups excluding carboxylic acids is 2. The van der Waals surface area contributed by atoms with Crippen molar-refractivity contribution in [1.29, 1.82) is 0 Å². The van der Waals surface area contributed by atoms with E-state index in [4.69, 9.17) is 4.74 Å². The lowest BCUT2D eigenvalue weighted by atomic mass is 10.1. The van der Waals surface area contributed by atoms with Crippen molar-refractivity contribution in [3.8, 4) is 0 Å². The number of para-hydroxylation sites is 1. The maximum absolute atomic E-state index is 13.0. The molecule has 0 saturated carbocycles. The van der Waals surface area contributed by atoms with Gasteiger partial charge in [-0.3, -0.25) is 4.79 Å². The highest BCUT2D eigenvalue weighted by atomic mass is 32.1. The largest absolute Gasteiger partial charge is 0.462 e. The molecule has 0 bridgehead atoms. The molecular formula is C22H24N4O3S. The molecule has 156 valence electrons. The van der Waals surface area contributed by atoms with Crippen LogP contribution in [0.5, 0.6) is 0 Å². The highest BCUT2D eigenvalue weighted by Crippen LogP contribution is 2.29. The van der Waals surface area contributed by atoms with Gasteiger partial charge in [0.05, 0.1) is 23.4 Å². The van der Waals surface area contributed by atoms with Crippen molar-refractivity contribution >= 4 is 39.9 Å². The number of rotatable bonds is 7. The van der Waals surface area contributed by atoms with E-state index in [1.165, 1.54) is 11.5 Å². The Balaban J connectivity index is 1.88. The van der Waals surface area contributed by atoms with Crippen molar-refractivity contribution in [2.24, 2.45) is 0 Å². The van der Waals surface area contributed by atoms with Crippen molar-refractivity contribution < 1.29 is 14.3 Å². The summed E-state index contributed by atoms with van der Waals surface area (Å²) in [7, 11) is 0. The molecule has 0 saturated heterocycles. The molecule has 0 aliphatic rings. The number of carbonyl (C=O) groups is 2. The van der Waals surface area contributed by atoms with Crippen molar-refractivity contribution in [3.05, 3.63) is 64.5 Å². The summed E-state index contributed by atoms with van der Waals surface area (Å²) in [5.41, 5.74) is 3.96. The van der Waals surface area contributed by atoms with Crippen molar-refractivity contribution in [3.63, 3.8) is 0 Å². The van der Waals surface area contributed by atoms with E-state index in [0.717, 1.165) is 17.7 Å². The van der Waals surface area contributed by atoms with Gasteiger partial charge in [0.15, 0.2) is 0 Å². The van der Waals surface area contributed by atoms with Gasteiger partial charge >= 0.3 is 5.97 Å². The first-order valence-corrected chi connectivity index (χ1v) is 10.5. The fraction of sp³-hybridized carbons (Fsp3) is 0.273. The van der Waals surface area contributed by atoms with E-state index in [1.807, 2.05) is 31.2 Å². The molecule has 30 heavy (non-hydrogen) atoms. The standard InChI is InChI=1S/C22H24N4O3S/c1-5-15-9-7-8-10-17(15)24-20(27)19-14(4)26-30-21(19)25-18-12-16(11-13(3)23-18)22(28)29-6-2/h7-12H,5-6H2,1-4H3,(H,23,25)(H,24,27). The van der Waals surface area contributed by atoms with E-state index in [9.17, 15) is 9.59 Å². The highest BCUT2D eigenvalue weighted by molar-refractivity contribution is 7.10. The van der Waals surface area contributed by atoms with E-state index in [0.29, 0.717) is 39.9 Å². The van der Waals surface area contributed by atoms with Gasteiger partial charge < -0.3 is 15.4 Å². The zero-order valence-corrected chi connectivity index (χ0v) is 18.2. The van der Waals surface area contributed by atoms with Crippen LogP contribution in [0.1, 0.15) is 51.5 Å². The average molecular weight is 425 g/mol. The third-order valence-electron chi connectivity index (χ3n) is 4.44. The number of esters is 1. The Morgan fingerprint density at radius 3 is 2.63 bits per heavy atom. The zero-order chi connectivity index (χ0) is 21.7. The molecule has 0 aliphatic carbocycles. The predicted molar refractivity (Wildman–Crippen MR) is 119 cm³/mol. The van der Waals surface area contributed by atoms with Crippen LogP contribution in [0.3, 0.4) is 0 Å². The Labute approximate surface area is 179 Å². The van der Waals surface area contributed by atoms with Crippen LogP contribution in [0.15, 0.2) is 36.4 Å². The SMILES string of the molecule is CCOC(=O)c1cc(C)nc(Nc2snc(C)c2C(=O)Nc2ccccc2CC)c1. The Morgan fingerprint density at radius 1 is 1.13 bits per heavy atom. The Hall–Kier alpha value is -3.26. The van der Waals surface area contributed by atoms with Gasteiger partial charge in [-0.15, -0.1) is 0 Å². The van der Waals surface area contributed by atoms with Gasteiger partial charge in [-0.2, -0.15) is 4.37 Å². The summed E-state index contributed by atoms with van der Waals surface area (Å²) in [6, 6.07) is 11.0. The summed E-state index contributed by atoms with van der Waals surface area (Å²) in [6.45, 7) is 7.67. The number of amides is 1. The fourth-order valence-electron chi connectivity index (χ4n) is 3.04. The van der Waals surface area contributed by atoms with Crippen molar-refractivity contribution in [1.82, 2.24) is 9.36 Å². The number of ether oxygens (including phenoxy) is 1. The zero-order valence-electron chi connectivity index (χ0n) is 17.4. The first-order chi connectivity index (χ1) is 14.4. The van der Waals surface area contributed by atoms with Crippen LogP contribution in [0.2, 0.25) is 0 Å². The van der Waals surface area contributed by atoms with Crippen LogP contribution in [-0.4, -0.2) is 27.8 Å². The van der Waals surface area contributed by atoms with E-state index in [-0.39, 0.29) is 5.91 Å². The molecule has 3 aromatic rings. The monoisotopic (exact) mass is 424 g/mol. The molecule has 7 nitrogen and oxygen atoms in total. The lowest BCUT2D eigenvalue weighted by molar-refractivity contribution is 0.0526. The van der Waals surface area contributed by atoms with Crippen molar-refractivity contribution in [2.75, 3.05) is 17.2 Å². The van der Waals surface area contributed by atoms with Crippen molar-refractivity contribution in [2.45, 2.75) is 34.1 Å². The minimum Gasteiger partial charge on any atom is -0.462 e. The van der Waals surface area contributed by atoms with Crippen LogP contribution < -0.4 is 10.6 Å². The maximum atomic E-state index is 13.0. The van der Waals surface area contributed by atoms with Gasteiger partial charge in [-0.25, -0.2) is 9.78 Å². The number of aromatic nitrogens is 2. The number of aryl methyl sites for hydroxylation is 3. The molecule has 2 aromatic heterocycles. The lowest BCUT2D eigenvalue weighted by Gasteiger charge is -2.12. The summed E-state index contributed by atoms with van der Waals surface area (Å²) in [5.74, 6) is -0.215. The summed E-state index contributed by atoms with van der Waals surface area (Å²) in [5, 5.41) is 6.69. The summed E-state index contributed by atoms with van der Waals surface area (Å²) in [4.78, 5) is 29.5. The molecule has 0 spiro atoms. The quantitative estimate of drug-likeness (QED) is 0.525. The summed E-state index contributed by atoms with van der Waals surface area (Å²) >= 11 is 1.17. The van der Waals surface area contributed by atoms with E-state index in [2.05, 4.69) is 20.0 Å². The number of hydrogen-bond acceptors (Lipinski definition) is 7. The van der Waals surface area contributed by atoms with Crippen LogP contribution >= 0.6 is 11.5 Å². The minimum absolute atomic E-state index is 0.247. The normalized spacial score (nSPS) is 10.5. The Bertz CT molecular complexity index is 1080. The second-order valence-electron chi connectivity index (χ2n) is 6.66. The van der Waals surface area contributed by atoms with Crippen LogP contribution in [0, 0.1) is 13.8 Å². The Morgan fingerprint density at radius 2 is 1.90 bits per heavy atom. The predicted octanol–water partition coefficient (Wildman–Crippen LogP) is 4.89. The lowest BCUT2D eigenvalue weighted by Crippen LogP contribution is -2.15. The molecule has 1 aromatic carbocycles. The number of pyridine rings is 1. The van der Waals surface area contributed by atoms with Gasteiger partial charge in [-0.1, -0.05) is 25.1 Å². The van der Waals surface area contributed by atoms with Gasteiger partial charge in [-0.05, 0) is 62.5 Å². The van der Waals surface area contributed by atoms with Crippen LogP contribution in [-0.2, 0) is 11.2 Å². The first kappa shape index (κ1) is 21.4. The highest BCUT2D eigenvalue weighted by Gasteiger charge is 2.20. The molecule has 2 N–H and O–H groups in total. The number of nitrogens with one attached hydrogen (secondary N) is 2. The van der Waals surface area contributed by atoms with Gasteiger partial charge in [0.25, 0.3) is 5.91 Å². The van der Waals surface area contributed by atoms with Gasteiger partial charge in [0, 0.05) is 11.4 Å². The fourth-order valence-corrected chi connectivity index (χ4v) is 3.84. The molecule has 0 fully saturated rings. The maximum Gasteiger partial charge on any atom is 0.338 e. The Kier molecular flexibility index (Phi) is 6.79. The van der Waals surface area contributed by atoms with Crippen LogP contribution in [0.4, 0.5) is 16.5 Å². The molecule has 8 heteroatoms. The molecule has 0 unspecified atom stereocenters. The molecular weight excluding hydrogens is 400 g/mol. The van der Waals surface area contributed by atoms with E-state index < -0.39 is 5.97 Å². The molecule has 1 amide bonds. The number of hydrogen-bond donors (Lipinski definition) is 2. The third kappa shape index (κ3) is 4.83. The van der Waals surface area contributed by atoms with E-state index in [1.54, 1.807) is 32.9 Å². The van der Waals surface area contributed by atoms with Crippen LogP contribution in [0.25, 0.3) is 0 Å². The van der Waals surface area contributed by atoms with Gasteiger partial charge in [0.2, 0.25) is 0 Å². The molecule has 0 atom stereocenters. The second kappa shape index (κ2) is 9.49. The number of benzene rings is 1. The molecule has 3 rings (SSSR count). The summed E-state index contributed by atoms with van der Waals surface area (Å²) < 4.78 is 9.40. The molecule has 0 aliphatic heterocycles. The minimum atomic E-state index is -0.416. The molecule has 0 radical (unpaired) electrons. The average Bonchev–Trinajstić information content (AvgIpc) is 3.08. The number of anilines is 3. The second-order valence-corrected chi connectivity index (χ2v) is 7.44. The molecule has 2 heterocycles. The van der Waals surface area contributed by atoms with E-state index >= 15 is 0 Å². The van der Waals surface area contributed by atoms with Gasteiger partial charge in [0.1, 0.15) is 10.8 Å². The third-order valence-corrected chi connectivity index (χ3v) is 5.30.